The van der Waals surface area contributed by atoms with Crippen LogP contribution in [0, 0.1) is 0 Å². The maximum absolute atomic E-state index is 12.6. The minimum atomic E-state index is -3.72. The monoisotopic (exact) mass is 455 g/mol. The molecule has 0 unspecified atom stereocenters. The van der Waals surface area contributed by atoms with Crippen molar-refractivity contribution in [3.05, 3.63) is 78.4 Å². The van der Waals surface area contributed by atoms with E-state index in [4.69, 9.17) is 0 Å². The molecule has 1 heterocycles. The highest BCUT2D eigenvalue weighted by atomic mass is 32.2. The van der Waals surface area contributed by atoms with Crippen molar-refractivity contribution in [1.82, 2.24) is 19.8 Å². The smallest absolute Gasteiger partial charge is 0.253 e. The number of hydrogen-bond acceptors (Lipinski definition) is 5. The molecule has 2 amide bonds. The molecule has 0 atom stereocenters. The van der Waals surface area contributed by atoms with Crippen LogP contribution < -0.4 is 9.62 Å². The summed E-state index contributed by atoms with van der Waals surface area (Å²) in [6, 6.07) is 13.6. The van der Waals surface area contributed by atoms with Gasteiger partial charge in [0.25, 0.3) is 5.91 Å². The Morgan fingerprint density at radius 2 is 1.75 bits per heavy atom. The Hall–Kier alpha value is -3.66. The summed E-state index contributed by atoms with van der Waals surface area (Å²) in [5.41, 5.74) is 2.45. The Morgan fingerprint density at radius 1 is 1.06 bits per heavy atom. The average Bonchev–Trinajstić information content (AvgIpc) is 3.30. The van der Waals surface area contributed by atoms with Gasteiger partial charge in [-0.3, -0.25) is 13.9 Å². The van der Waals surface area contributed by atoms with Crippen LogP contribution in [0.25, 0.3) is 5.69 Å². The molecule has 1 N–H and O–H groups in total. The van der Waals surface area contributed by atoms with Gasteiger partial charge in [-0.2, -0.15) is 0 Å². The summed E-state index contributed by atoms with van der Waals surface area (Å²) in [6.45, 7) is -0.159. The van der Waals surface area contributed by atoms with Crippen molar-refractivity contribution in [3.63, 3.8) is 0 Å². The van der Waals surface area contributed by atoms with Gasteiger partial charge < -0.3 is 14.8 Å². The van der Waals surface area contributed by atoms with Crippen LogP contribution >= 0.6 is 0 Å². The van der Waals surface area contributed by atoms with Gasteiger partial charge in [-0.1, -0.05) is 18.2 Å². The number of sulfonamides is 1. The van der Waals surface area contributed by atoms with E-state index in [1.54, 1.807) is 32.8 Å². The average molecular weight is 456 g/mol. The molecule has 0 saturated heterocycles. The fourth-order valence-corrected chi connectivity index (χ4v) is 3.98. The van der Waals surface area contributed by atoms with Crippen LogP contribution in [0.5, 0.6) is 0 Å². The molecule has 3 rings (SSSR count). The van der Waals surface area contributed by atoms with Crippen LogP contribution in [0.4, 0.5) is 5.69 Å². The highest BCUT2D eigenvalue weighted by molar-refractivity contribution is 7.92. The van der Waals surface area contributed by atoms with Crippen molar-refractivity contribution >= 4 is 27.5 Å². The summed E-state index contributed by atoms with van der Waals surface area (Å²) in [6.07, 6.45) is 6.16. The van der Waals surface area contributed by atoms with E-state index in [9.17, 15) is 18.0 Å². The molecule has 3 aromatic rings. The zero-order chi connectivity index (χ0) is 23.3. The maximum Gasteiger partial charge on any atom is 0.253 e. The van der Waals surface area contributed by atoms with Crippen molar-refractivity contribution in [2.75, 3.05) is 31.2 Å². The number of aromatic nitrogens is 2. The summed E-state index contributed by atoms with van der Waals surface area (Å²) >= 11 is 0. The zero-order valence-electron chi connectivity index (χ0n) is 18.1. The van der Waals surface area contributed by atoms with Gasteiger partial charge in [-0.25, -0.2) is 13.4 Å². The second-order valence-corrected chi connectivity index (χ2v) is 9.30. The van der Waals surface area contributed by atoms with Crippen LogP contribution in [0.15, 0.2) is 67.3 Å². The number of rotatable bonds is 8. The minimum Gasteiger partial charge on any atom is -0.350 e. The molecule has 0 bridgehead atoms. The van der Waals surface area contributed by atoms with E-state index in [-0.39, 0.29) is 19.0 Å². The normalized spacial score (nSPS) is 11.1. The Balaban J connectivity index is 1.72. The first-order valence-electron chi connectivity index (χ1n) is 9.79. The number of para-hydroxylation sites is 1. The quantitative estimate of drug-likeness (QED) is 0.556. The summed E-state index contributed by atoms with van der Waals surface area (Å²) in [4.78, 5) is 30.1. The second kappa shape index (κ2) is 9.65. The standard InChI is InChI=1S/C22H25N5O4S/c1-25(2)22(29)17-8-10-19(11-9-17)27(32(3,30)31)15-21(28)24-14-18-6-4-5-7-20(18)26-13-12-23-16-26/h4-13,16H,14-15H2,1-3H3,(H,24,28). The van der Waals surface area contributed by atoms with Gasteiger partial charge >= 0.3 is 0 Å². The largest absolute Gasteiger partial charge is 0.350 e. The molecular formula is C22H25N5O4S. The fourth-order valence-electron chi connectivity index (χ4n) is 3.12. The minimum absolute atomic E-state index is 0.197. The Bertz CT molecular complexity index is 1190. The molecule has 9 nitrogen and oxygen atoms in total. The second-order valence-electron chi connectivity index (χ2n) is 7.39. The van der Waals surface area contributed by atoms with Gasteiger partial charge in [-0.15, -0.1) is 0 Å². The number of nitrogens with one attached hydrogen (secondary N) is 1. The van der Waals surface area contributed by atoms with E-state index in [0.717, 1.165) is 21.8 Å². The van der Waals surface area contributed by atoms with Gasteiger partial charge in [-0.05, 0) is 35.9 Å². The van der Waals surface area contributed by atoms with E-state index in [1.165, 1.54) is 29.2 Å². The lowest BCUT2D eigenvalue weighted by Gasteiger charge is -2.22. The van der Waals surface area contributed by atoms with Crippen LogP contribution in [-0.2, 0) is 21.4 Å². The van der Waals surface area contributed by atoms with Crippen LogP contribution in [0.1, 0.15) is 15.9 Å². The summed E-state index contributed by atoms with van der Waals surface area (Å²) in [7, 11) is -0.458. The van der Waals surface area contributed by atoms with Gasteiger partial charge in [0.1, 0.15) is 6.54 Å². The van der Waals surface area contributed by atoms with Crippen molar-refractivity contribution in [1.29, 1.82) is 0 Å². The number of hydrogen-bond donors (Lipinski definition) is 1. The van der Waals surface area contributed by atoms with Gasteiger partial charge in [0.2, 0.25) is 15.9 Å². The molecule has 0 radical (unpaired) electrons. The lowest BCUT2D eigenvalue weighted by molar-refractivity contribution is -0.119. The van der Waals surface area contributed by atoms with Gasteiger partial charge in [0.05, 0.1) is 24.0 Å². The molecule has 1 aromatic heterocycles. The van der Waals surface area contributed by atoms with Crippen molar-refractivity contribution in [2.45, 2.75) is 6.54 Å². The molecule has 0 aliphatic carbocycles. The predicted molar refractivity (Wildman–Crippen MR) is 122 cm³/mol. The SMILES string of the molecule is CN(C)C(=O)c1ccc(N(CC(=O)NCc2ccccc2-n2ccnc2)S(C)(=O)=O)cc1. The number of anilines is 1. The van der Waals surface area contributed by atoms with Gasteiger partial charge in [0, 0.05) is 38.6 Å². The number of benzene rings is 2. The van der Waals surface area contributed by atoms with Crippen LogP contribution in [0.3, 0.4) is 0 Å². The molecular weight excluding hydrogens is 430 g/mol. The maximum atomic E-state index is 12.6. The molecule has 10 heteroatoms. The van der Waals surface area contributed by atoms with E-state index >= 15 is 0 Å². The third-order valence-corrected chi connectivity index (χ3v) is 5.89. The Kier molecular flexibility index (Phi) is 6.94. The lowest BCUT2D eigenvalue weighted by atomic mass is 10.1. The fraction of sp³-hybridized carbons (Fsp3) is 0.227. The summed E-state index contributed by atoms with van der Waals surface area (Å²) in [5, 5.41) is 2.78. The lowest BCUT2D eigenvalue weighted by Crippen LogP contribution is -2.40. The van der Waals surface area contributed by atoms with Crippen molar-refractivity contribution in [3.8, 4) is 5.69 Å². The highest BCUT2D eigenvalue weighted by Gasteiger charge is 2.21. The van der Waals surface area contributed by atoms with E-state index in [0.29, 0.717) is 11.3 Å². The number of carbonyl (C=O) groups excluding carboxylic acids is 2. The van der Waals surface area contributed by atoms with E-state index in [2.05, 4.69) is 10.3 Å². The van der Waals surface area contributed by atoms with Crippen molar-refractivity contribution < 1.29 is 18.0 Å². The topological polar surface area (TPSA) is 105 Å². The molecule has 0 saturated carbocycles. The Labute approximate surface area is 187 Å². The highest BCUT2D eigenvalue weighted by Crippen LogP contribution is 2.19. The molecule has 2 aromatic carbocycles. The number of carbonyl (C=O) groups is 2. The predicted octanol–water partition coefficient (Wildman–Crippen LogP) is 1.66. The van der Waals surface area contributed by atoms with E-state index < -0.39 is 15.9 Å². The van der Waals surface area contributed by atoms with Crippen LogP contribution in [-0.4, -0.2) is 61.6 Å². The molecule has 0 fully saturated rings. The number of nitrogens with zero attached hydrogens (tertiary/aromatic N) is 4. The first kappa shape index (κ1) is 23.0. The molecule has 0 aliphatic heterocycles. The first-order valence-corrected chi connectivity index (χ1v) is 11.6. The molecule has 0 aliphatic rings. The summed E-state index contributed by atoms with van der Waals surface area (Å²) < 4.78 is 27.5. The van der Waals surface area contributed by atoms with E-state index in [1.807, 2.05) is 28.8 Å². The molecule has 32 heavy (non-hydrogen) atoms. The Morgan fingerprint density at radius 3 is 2.34 bits per heavy atom. The van der Waals surface area contributed by atoms with Crippen LogP contribution in [0.2, 0.25) is 0 Å². The van der Waals surface area contributed by atoms with Crippen molar-refractivity contribution in [2.24, 2.45) is 0 Å². The number of imidazole rings is 1. The third-order valence-electron chi connectivity index (χ3n) is 4.75. The third kappa shape index (κ3) is 5.52. The molecule has 0 spiro atoms. The molecule has 168 valence electrons. The number of amides is 2. The zero-order valence-corrected chi connectivity index (χ0v) is 18.9. The van der Waals surface area contributed by atoms with Gasteiger partial charge in [0.15, 0.2) is 0 Å². The first-order chi connectivity index (χ1) is 15.2. The summed E-state index contributed by atoms with van der Waals surface area (Å²) in [5.74, 6) is -0.652.